The van der Waals surface area contributed by atoms with E-state index in [1.807, 2.05) is 6.07 Å². The van der Waals surface area contributed by atoms with E-state index >= 15 is 0 Å². The molecule has 1 aromatic rings. The summed E-state index contributed by atoms with van der Waals surface area (Å²) in [6.45, 7) is 2.92. The Morgan fingerprint density at radius 3 is 2.41 bits per heavy atom. The third kappa shape index (κ3) is 3.89. The number of hydrogen-bond acceptors (Lipinski definition) is 3. The van der Waals surface area contributed by atoms with E-state index in [-0.39, 0.29) is 0 Å². The lowest BCUT2D eigenvalue weighted by Gasteiger charge is -2.15. The molecule has 2 N–H and O–H groups in total. The fraction of sp³-hybridized carbons (Fsp3) is 0.538. The number of methoxy groups -OCH3 is 2. The molecule has 0 aliphatic rings. The summed E-state index contributed by atoms with van der Waals surface area (Å²) < 4.78 is 11.6. The van der Waals surface area contributed by atoms with Crippen LogP contribution in [0.1, 0.15) is 18.9 Å². The minimum atomic E-state index is 0.550. The van der Waals surface area contributed by atoms with Gasteiger partial charge in [0.15, 0.2) is 0 Å². The molecule has 1 atom stereocenters. The van der Waals surface area contributed by atoms with Crippen molar-refractivity contribution in [2.75, 3.05) is 20.8 Å². The molecule has 4 heteroatoms. The van der Waals surface area contributed by atoms with Crippen LogP contribution in [0.4, 0.5) is 0 Å². The molecule has 0 aliphatic carbocycles. The minimum Gasteiger partial charge on any atom is -0.496 e. The van der Waals surface area contributed by atoms with Crippen LogP contribution in [0.2, 0.25) is 0 Å². The first kappa shape index (κ1) is 14.3. The van der Waals surface area contributed by atoms with Gasteiger partial charge in [-0.2, -0.15) is 0 Å². The van der Waals surface area contributed by atoms with E-state index in [0.29, 0.717) is 5.92 Å². The number of hydrogen-bond donors (Lipinski definition) is 1. The molecule has 0 aromatic heterocycles. The van der Waals surface area contributed by atoms with Crippen LogP contribution in [-0.2, 0) is 6.42 Å². The summed E-state index contributed by atoms with van der Waals surface area (Å²) >= 11 is 3.49. The van der Waals surface area contributed by atoms with Crippen LogP contribution >= 0.6 is 15.9 Å². The predicted octanol–water partition coefficient (Wildman–Crippen LogP) is 2.99. The van der Waals surface area contributed by atoms with Crippen molar-refractivity contribution in [3.63, 3.8) is 0 Å². The molecule has 17 heavy (non-hydrogen) atoms. The van der Waals surface area contributed by atoms with Crippen molar-refractivity contribution in [2.45, 2.75) is 19.8 Å². The maximum atomic E-state index is 5.57. The number of halogens is 1. The van der Waals surface area contributed by atoms with Crippen LogP contribution in [0.25, 0.3) is 0 Å². The van der Waals surface area contributed by atoms with Crippen LogP contribution in [0.5, 0.6) is 11.5 Å². The highest BCUT2D eigenvalue weighted by Crippen LogP contribution is 2.34. The van der Waals surface area contributed by atoms with Crippen molar-refractivity contribution in [3.8, 4) is 11.5 Å². The molecule has 96 valence electrons. The normalized spacial score (nSPS) is 12.3. The summed E-state index contributed by atoms with van der Waals surface area (Å²) in [6, 6.07) is 3.97. The third-order valence-electron chi connectivity index (χ3n) is 2.78. The van der Waals surface area contributed by atoms with Crippen molar-refractivity contribution in [1.29, 1.82) is 0 Å². The van der Waals surface area contributed by atoms with Crippen molar-refractivity contribution in [2.24, 2.45) is 11.7 Å². The average molecular weight is 302 g/mol. The van der Waals surface area contributed by atoms with E-state index < -0.39 is 0 Å². The molecule has 0 bridgehead atoms. The third-order valence-corrected chi connectivity index (χ3v) is 3.40. The summed E-state index contributed by atoms with van der Waals surface area (Å²) in [5.74, 6) is 2.21. The van der Waals surface area contributed by atoms with Crippen LogP contribution in [0.3, 0.4) is 0 Å². The van der Waals surface area contributed by atoms with Gasteiger partial charge in [0.1, 0.15) is 11.5 Å². The Labute approximate surface area is 111 Å². The van der Waals surface area contributed by atoms with Crippen molar-refractivity contribution in [3.05, 3.63) is 22.2 Å². The maximum Gasteiger partial charge on any atom is 0.136 e. The Kier molecular flexibility index (Phi) is 5.78. The van der Waals surface area contributed by atoms with Gasteiger partial charge in [-0.05, 0) is 52.9 Å². The number of nitrogens with two attached hydrogens (primary N) is 1. The lowest BCUT2D eigenvalue weighted by Crippen LogP contribution is -2.09. The van der Waals surface area contributed by atoms with Gasteiger partial charge < -0.3 is 15.2 Å². The molecular weight excluding hydrogens is 282 g/mol. The van der Waals surface area contributed by atoms with E-state index in [0.717, 1.165) is 35.4 Å². The summed E-state index contributed by atoms with van der Waals surface area (Å²) in [7, 11) is 3.33. The topological polar surface area (TPSA) is 44.5 Å². The van der Waals surface area contributed by atoms with Gasteiger partial charge >= 0.3 is 0 Å². The molecule has 0 amide bonds. The minimum absolute atomic E-state index is 0.550. The molecule has 0 aliphatic heterocycles. The highest BCUT2D eigenvalue weighted by molar-refractivity contribution is 9.10. The van der Waals surface area contributed by atoms with E-state index in [1.54, 1.807) is 14.2 Å². The van der Waals surface area contributed by atoms with Gasteiger partial charge in [0.2, 0.25) is 0 Å². The molecule has 0 fully saturated rings. The van der Waals surface area contributed by atoms with Gasteiger partial charge in [-0.25, -0.2) is 0 Å². The monoisotopic (exact) mass is 301 g/mol. The lowest BCUT2D eigenvalue weighted by atomic mass is 9.97. The van der Waals surface area contributed by atoms with Gasteiger partial charge in [0.25, 0.3) is 0 Å². The lowest BCUT2D eigenvalue weighted by molar-refractivity contribution is 0.386. The Bertz CT molecular complexity index is 369. The second kappa shape index (κ2) is 6.87. The first-order chi connectivity index (χ1) is 8.12. The largest absolute Gasteiger partial charge is 0.496 e. The van der Waals surface area contributed by atoms with Crippen LogP contribution in [0.15, 0.2) is 16.6 Å². The van der Waals surface area contributed by atoms with Crippen molar-refractivity contribution < 1.29 is 9.47 Å². The number of benzene rings is 1. The van der Waals surface area contributed by atoms with Crippen LogP contribution < -0.4 is 15.2 Å². The first-order valence-corrected chi connectivity index (χ1v) is 6.52. The zero-order valence-electron chi connectivity index (χ0n) is 10.6. The zero-order chi connectivity index (χ0) is 12.8. The van der Waals surface area contributed by atoms with E-state index in [1.165, 1.54) is 5.56 Å². The Hall–Kier alpha value is -0.740. The van der Waals surface area contributed by atoms with E-state index in [4.69, 9.17) is 15.2 Å². The van der Waals surface area contributed by atoms with Crippen LogP contribution in [-0.4, -0.2) is 20.8 Å². The average Bonchev–Trinajstić information content (AvgIpc) is 2.29. The van der Waals surface area contributed by atoms with Gasteiger partial charge in [-0.15, -0.1) is 0 Å². The molecule has 1 rings (SSSR count). The molecule has 0 spiro atoms. The molecule has 0 radical (unpaired) electrons. The van der Waals surface area contributed by atoms with Gasteiger partial charge in [-0.3, -0.25) is 0 Å². The van der Waals surface area contributed by atoms with E-state index in [2.05, 4.69) is 28.9 Å². The maximum absolute atomic E-state index is 5.57. The fourth-order valence-corrected chi connectivity index (χ4v) is 2.40. The van der Waals surface area contributed by atoms with Gasteiger partial charge in [0, 0.05) is 6.07 Å². The number of ether oxygens (including phenoxy) is 2. The van der Waals surface area contributed by atoms with E-state index in [9.17, 15) is 0 Å². The van der Waals surface area contributed by atoms with Crippen molar-refractivity contribution in [1.82, 2.24) is 0 Å². The highest BCUT2D eigenvalue weighted by Gasteiger charge is 2.12. The Balaban J connectivity index is 2.94. The van der Waals surface area contributed by atoms with Gasteiger partial charge in [-0.1, -0.05) is 6.92 Å². The molecular formula is C13H20BrNO2. The Morgan fingerprint density at radius 1 is 1.24 bits per heavy atom. The zero-order valence-corrected chi connectivity index (χ0v) is 12.2. The molecule has 3 nitrogen and oxygen atoms in total. The number of rotatable bonds is 6. The first-order valence-electron chi connectivity index (χ1n) is 5.72. The molecule has 0 heterocycles. The van der Waals surface area contributed by atoms with Crippen molar-refractivity contribution >= 4 is 15.9 Å². The van der Waals surface area contributed by atoms with Crippen LogP contribution in [0, 0.1) is 5.92 Å². The standard InChI is InChI=1S/C13H20BrNO2/c1-9(4-5-15)6-10-7-11(14)13(17-3)8-12(10)16-2/h7-9H,4-6,15H2,1-3H3. The fourth-order valence-electron chi connectivity index (χ4n) is 1.84. The molecule has 1 unspecified atom stereocenters. The summed E-state index contributed by atoms with van der Waals surface area (Å²) in [5, 5.41) is 0. The second-order valence-electron chi connectivity index (χ2n) is 4.19. The quantitative estimate of drug-likeness (QED) is 0.878. The summed E-state index contributed by atoms with van der Waals surface area (Å²) in [4.78, 5) is 0. The predicted molar refractivity (Wildman–Crippen MR) is 73.8 cm³/mol. The summed E-state index contributed by atoms with van der Waals surface area (Å²) in [6.07, 6.45) is 1.98. The SMILES string of the molecule is COc1cc(OC)c(CC(C)CCN)cc1Br. The smallest absolute Gasteiger partial charge is 0.136 e. The highest BCUT2D eigenvalue weighted by atomic mass is 79.9. The Morgan fingerprint density at radius 2 is 1.88 bits per heavy atom. The molecule has 0 saturated carbocycles. The summed E-state index contributed by atoms with van der Waals surface area (Å²) in [5.41, 5.74) is 6.75. The molecule has 0 saturated heterocycles. The molecule has 1 aromatic carbocycles. The van der Waals surface area contributed by atoms with Gasteiger partial charge in [0.05, 0.1) is 18.7 Å². The second-order valence-corrected chi connectivity index (χ2v) is 5.04.